The molecular formula is C11H14N3O3P. The highest BCUT2D eigenvalue weighted by atomic mass is 31.2. The molecule has 18 heavy (non-hydrogen) atoms. The van der Waals surface area contributed by atoms with Crippen LogP contribution in [0, 0.1) is 0 Å². The SMILES string of the molecule is Nc1cc(-c2ccccc2)nn1CCP(=O)(O)O. The fourth-order valence-electron chi connectivity index (χ4n) is 1.59. The Morgan fingerprint density at radius 2 is 1.94 bits per heavy atom. The number of benzene rings is 1. The van der Waals surface area contributed by atoms with E-state index in [2.05, 4.69) is 5.10 Å². The molecular weight excluding hydrogens is 253 g/mol. The van der Waals surface area contributed by atoms with Crippen LogP contribution < -0.4 is 5.73 Å². The molecule has 0 saturated heterocycles. The minimum atomic E-state index is -4.03. The Morgan fingerprint density at radius 1 is 1.28 bits per heavy atom. The fraction of sp³-hybridized carbons (Fsp3) is 0.182. The number of aryl methyl sites for hydroxylation is 1. The van der Waals surface area contributed by atoms with Gasteiger partial charge in [0.15, 0.2) is 0 Å². The normalized spacial score (nSPS) is 11.7. The van der Waals surface area contributed by atoms with Gasteiger partial charge >= 0.3 is 7.60 Å². The van der Waals surface area contributed by atoms with Crippen molar-refractivity contribution in [3.63, 3.8) is 0 Å². The van der Waals surface area contributed by atoms with E-state index in [1.165, 1.54) is 4.68 Å². The molecule has 1 heterocycles. The van der Waals surface area contributed by atoms with E-state index < -0.39 is 7.60 Å². The van der Waals surface area contributed by atoms with Gasteiger partial charge in [-0.1, -0.05) is 30.3 Å². The Labute approximate surface area is 104 Å². The lowest BCUT2D eigenvalue weighted by Gasteiger charge is -2.05. The van der Waals surface area contributed by atoms with Gasteiger partial charge in [-0.25, -0.2) is 4.68 Å². The van der Waals surface area contributed by atoms with Crippen LogP contribution in [0.25, 0.3) is 11.3 Å². The second kappa shape index (κ2) is 4.94. The second-order valence-corrected chi connectivity index (χ2v) is 5.71. The molecule has 2 rings (SSSR count). The third-order valence-corrected chi connectivity index (χ3v) is 3.27. The molecule has 6 nitrogen and oxygen atoms in total. The molecule has 0 radical (unpaired) electrons. The molecule has 2 aromatic rings. The van der Waals surface area contributed by atoms with E-state index in [-0.39, 0.29) is 12.7 Å². The molecule has 0 bridgehead atoms. The number of aromatic nitrogens is 2. The summed E-state index contributed by atoms with van der Waals surface area (Å²) in [5.41, 5.74) is 7.36. The quantitative estimate of drug-likeness (QED) is 0.725. The molecule has 0 aliphatic rings. The lowest BCUT2D eigenvalue weighted by Crippen LogP contribution is -2.08. The lowest BCUT2D eigenvalue weighted by molar-refractivity contribution is 0.369. The summed E-state index contributed by atoms with van der Waals surface area (Å²) in [6.45, 7) is 0.100. The van der Waals surface area contributed by atoms with Crippen molar-refractivity contribution in [3.05, 3.63) is 36.4 Å². The monoisotopic (exact) mass is 267 g/mol. The fourth-order valence-corrected chi connectivity index (χ4v) is 2.04. The number of nitrogen functional groups attached to an aromatic ring is 1. The zero-order valence-corrected chi connectivity index (χ0v) is 10.5. The van der Waals surface area contributed by atoms with Crippen molar-refractivity contribution in [1.29, 1.82) is 0 Å². The van der Waals surface area contributed by atoms with Crippen LogP contribution in [0.1, 0.15) is 0 Å². The molecule has 0 fully saturated rings. The summed E-state index contributed by atoms with van der Waals surface area (Å²) in [7, 11) is -4.03. The molecule has 0 unspecified atom stereocenters. The molecule has 0 saturated carbocycles. The molecule has 96 valence electrons. The molecule has 0 amide bonds. The molecule has 0 aliphatic heterocycles. The van der Waals surface area contributed by atoms with E-state index >= 15 is 0 Å². The molecule has 0 atom stereocenters. The molecule has 1 aromatic heterocycles. The van der Waals surface area contributed by atoms with Gasteiger partial charge < -0.3 is 15.5 Å². The van der Waals surface area contributed by atoms with Crippen LogP contribution in [0.2, 0.25) is 0 Å². The topological polar surface area (TPSA) is 101 Å². The number of rotatable bonds is 4. The molecule has 7 heteroatoms. The summed E-state index contributed by atoms with van der Waals surface area (Å²) in [6.07, 6.45) is -0.271. The Kier molecular flexibility index (Phi) is 3.52. The largest absolute Gasteiger partial charge is 0.384 e. The summed E-state index contributed by atoms with van der Waals surface area (Å²) in [6, 6.07) is 11.2. The van der Waals surface area contributed by atoms with Crippen molar-refractivity contribution in [2.24, 2.45) is 0 Å². The van der Waals surface area contributed by atoms with Gasteiger partial charge in [-0.15, -0.1) is 0 Å². The zero-order chi connectivity index (χ0) is 13.2. The van der Waals surface area contributed by atoms with Crippen molar-refractivity contribution in [2.45, 2.75) is 6.54 Å². The number of hydrogen-bond acceptors (Lipinski definition) is 3. The van der Waals surface area contributed by atoms with Gasteiger partial charge in [-0.3, -0.25) is 4.57 Å². The second-order valence-electron chi connectivity index (χ2n) is 3.93. The maximum atomic E-state index is 10.8. The van der Waals surface area contributed by atoms with Gasteiger partial charge in [0.25, 0.3) is 0 Å². The predicted octanol–water partition coefficient (Wildman–Crippen LogP) is 1.31. The Hall–Kier alpha value is -1.62. The van der Waals surface area contributed by atoms with Gasteiger partial charge in [0.1, 0.15) is 5.82 Å². The van der Waals surface area contributed by atoms with Crippen molar-refractivity contribution in [1.82, 2.24) is 9.78 Å². The number of nitrogens with two attached hydrogens (primary N) is 1. The standard InChI is InChI=1S/C11H14N3O3P/c12-11-8-10(9-4-2-1-3-5-9)13-14(11)6-7-18(15,16)17/h1-5,8H,6-7,12H2,(H2,15,16,17). The van der Waals surface area contributed by atoms with Gasteiger partial charge in [-0.2, -0.15) is 5.10 Å². The van der Waals surface area contributed by atoms with Crippen molar-refractivity contribution < 1.29 is 14.4 Å². The van der Waals surface area contributed by atoms with E-state index in [0.717, 1.165) is 5.56 Å². The van der Waals surface area contributed by atoms with Crippen LogP contribution in [0.4, 0.5) is 5.82 Å². The van der Waals surface area contributed by atoms with E-state index in [9.17, 15) is 4.57 Å². The molecule has 0 aliphatic carbocycles. The van der Waals surface area contributed by atoms with Crippen molar-refractivity contribution in [2.75, 3.05) is 11.9 Å². The maximum Gasteiger partial charge on any atom is 0.327 e. The van der Waals surface area contributed by atoms with E-state index in [0.29, 0.717) is 11.5 Å². The molecule has 4 N–H and O–H groups in total. The first-order chi connectivity index (χ1) is 8.46. The average molecular weight is 267 g/mol. The van der Waals surface area contributed by atoms with E-state index in [1.807, 2.05) is 30.3 Å². The van der Waals surface area contributed by atoms with Crippen LogP contribution >= 0.6 is 7.60 Å². The third kappa shape index (κ3) is 3.20. The maximum absolute atomic E-state index is 10.8. The van der Waals surface area contributed by atoms with Gasteiger partial charge in [-0.05, 0) is 0 Å². The average Bonchev–Trinajstić information content (AvgIpc) is 2.68. The van der Waals surface area contributed by atoms with Crippen LogP contribution in [-0.2, 0) is 11.1 Å². The number of nitrogens with zero attached hydrogens (tertiary/aromatic N) is 2. The Bertz CT molecular complexity index is 576. The van der Waals surface area contributed by atoms with Crippen LogP contribution in [0.15, 0.2) is 36.4 Å². The van der Waals surface area contributed by atoms with Crippen LogP contribution in [0.3, 0.4) is 0 Å². The van der Waals surface area contributed by atoms with E-state index in [1.54, 1.807) is 6.07 Å². The smallest absolute Gasteiger partial charge is 0.327 e. The van der Waals surface area contributed by atoms with Crippen LogP contribution in [0.5, 0.6) is 0 Å². The highest BCUT2D eigenvalue weighted by molar-refractivity contribution is 7.51. The number of hydrogen-bond donors (Lipinski definition) is 3. The van der Waals surface area contributed by atoms with Gasteiger partial charge in [0, 0.05) is 11.6 Å². The molecule has 1 aromatic carbocycles. The predicted molar refractivity (Wildman–Crippen MR) is 69.0 cm³/mol. The van der Waals surface area contributed by atoms with Gasteiger partial charge in [0.2, 0.25) is 0 Å². The number of anilines is 1. The third-order valence-electron chi connectivity index (χ3n) is 2.48. The van der Waals surface area contributed by atoms with Crippen LogP contribution in [-0.4, -0.2) is 25.7 Å². The van der Waals surface area contributed by atoms with Crippen molar-refractivity contribution >= 4 is 13.4 Å². The summed E-state index contributed by atoms with van der Waals surface area (Å²) < 4.78 is 12.2. The summed E-state index contributed by atoms with van der Waals surface area (Å²) in [5.74, 6) is 0.391. The summed E-state index contributed by atoms with van der Waals surface area (Å²) in [4.78, 5) is 17.6. The van der Waals surface area contributed by atoms with Crippen molar-refractivity contribution in [3.8, 4) is 11.3 Å². The Morgan fingerprint density at radius 3 is 2.56 bits per heavy atom. The molecule has 0 spiro atoms. The Balaban J connectivity index is 2.20. The zero-order valence-electron chi connectivity index (χ0n) is 9.60. The van der Waals surface area contributed by atoms with Gasteiger partial charge in [0.05, 0.1) is 18.4 Å². The first kappa shape index (κ1) is 12.8. The first-order valence-electron chi connectivity index (χ1n) is 5.39. The summed E-state index contributed by atoms with van der Waals surface area (Å²) in [5, 5.41) is 4.23. The first-order valence-corrected chi connectivity index (χ1v) is 7.19. The highest BCUT2D eigenvalue weighted by Crippen LogP contribution is 2.34. The minimum absolute atomic E-state index is 0.100. The highest BCUT2D eigenvalue weighted by Gasteiger charge is 2.14. The summed E-state index contributed by atoms with van der Waals surface area (Å²) >= 11 is 0. The van der Waals surface area contributed by atoms with E-state index in [4.69, 9.17) is 15.5 Å². The lowest BCUT2D eigenvalue weighted by atomic mass is 10.2. The minimum Gasteiger partial charge on any atom is -0.384 e.